The molecule has 0 aliphatic rings. The van der Waals surface area contributed by atoms with Crippen molar-refractivity contribution < 1.29 is 90.1 Å². The van der Waals surface area contributed by atoms with Crippen LogP contribution in [0.5, 0.6) is 0 Å². The predicted octanol–water partition coefficient (Wildman–Crippen LogP) is 7.69. The molecule has 0 aromatic carbocycles. The molecule has 0 fully saturated rings. The van der Waals surface area contributed by atoms with Crippen LogP contribution in [0.4, 0.5) is 0 Å². The Hall–Kier alpha value is -2.18. The summed E-state index contributed by atoms with van der Waals surface area (Å²) < 4.78 is 99.2. The van der Waals surface area contributed by atoms with Gasteiger partial charge in [-0.05, 0) is 125 Å². The van der Waals surface area contributed by atoms with Gasteiger partial charge in [-0.3, -0.25) is 0 Å². The second kappa shape index (κ2) is 43.7. The van der Waals surface area contributed by atoms with Crippen molar-refractivity contribution in [3.05, 3.63) is 24.3 Å². The highest BCUT2D eigenvalue weighted by Gasteiger charge is 2.19. The largest absolute Gasteiger partial charge is 0.460 e. The molecule has 0 bridgehead atoms. The average Bonchev–Trinajstić information content (AvgIpc) is 3.37. The minimum atomic E-state index is -0.427. The van der Waals surface area contributed by atoms with Crippen molar-refractivity contribution in [3.63, 3.8) is 0 Å². The molecule has 0 aromatic heterocycles. The lowest BCUT2D eigenvalue weighted by Gasteiger charge is -2.24. The third-order valence-corrected chi connectivity index (χ3v) is 10.7. The Morgan fingerprint density at radius 3 is 0.520 bits per heavy atom. The molecular weight excluding hydrogens is 977 g/mol. The smallest absolute Gasteiger partial charge is 0.333 e. The maximum absolute atomic E-state index is 11.6. The Balaban J connectivity index is 4.03. The second-order valence-electron chi connectivity index (χ2n) is 20.5. The van der Waals surface area contributed by atoms with Crippen LogP contribution >= 0.6 is 0 Å². The van der Waals surface area contributed by atoms with Crippen LogP contribution in [-0.4, -0.2) is 215 Å². The van der Waals surface area contributed by atoms with Gasteiger partial charge >= 0.3 is 11.9 Å². The quantitative estimate of drug-likeness (QED) is 0.0425. The molecule has 19 heteroatoms. The lowest BCUT2D eigenvalue weighted by atomic mass is 10.3. The molecule has 16 atom stereocenters. The van der Waals surface area contributed by atoms with E-state index in [-0.39, 0.29) is 111 Å². The Bertz CT molecular complexity index is 1460. The lowest BCUT2D eigenvalue weighted by molar-refractivity contribution is -0.148. The number of rotatable bonds is 50. The van der Waals surface area contributed by atoms with Crippen molar-refractivity contribution in [2.24, 2.45) is 0 Å². The number of hydrogen-bond donors (Lipinski definition) is 0. The molecule has 0 spiro atoms. The molecule has 0 radical (unpaired) electrons. The monoisotopic (exact) mass is 1080 g/mol. The minimum absolute atomic E-state index is 0.121. The predicted molar refractivity (Wildman–Crippen MR) is 287 cm³/mol. The first-order chi connectivity index (χ1) is 35.2. The van der Waals surface area contributed by atoms with Crippen molar-refractivity contribution in [2.45, 2.75) is 222 Å². The first-order valence-electron chi connectivity index (χ1n) is 27.2. The molecule has 444 valence electrons. The summed E-state index contributed by atoms with van der Waals surface area (Å²) in [5.41, 5.74) is 0.713. The molecule has 75 heavy (non-hydrogen) atoms. The second-order valence-corrected chi connectivity index (χ2v) is 20.5. The van der Waals surface area contributed by atoms with Crippen LogP contribution in [-0.2, 0) is 90.1 Å². The first-order valence-corrected chi connectivity index (χ1v) is 27.2. The van der Waals surface area contributed by atoms with E-state index in [1.54, 1.807) is 20.8 Å². The van der Waals surface area contributed by atoms with Crippen LogP contribution in [0.15, 0.2) is 24.3 Å². The van der Waals surface area contributed by atoms with E-state index in [4.69, 9.17) is 80.5 Å². The van der Waals surface area contributed by atoms with E-state index in [0.29, 0.717) is 104 Å². The van der Waals surface area contributed by atoms with Gasteiger partial charge in [-0.1, -0.05) is 13.2 Å². The molecular formula is C56H106O19. The molecule has 0 N–H and O–H groups in total. The summed E-state index contributed by atoms with van der Waals surface area (Å²) in [5, 5.41) is 0. The van der Waals surface area contributed by atoms with Crippen molar-refractivity contribution in [3.8, 4) is 0 Å². The fourth-order valence-electron chi connectivity index (χ4n) is 5.85. The van der Waals surface area contributed by atoms with Crippen LogP contribution < -0.4 is 0 Å². The van der Waals surface area contributed by atoms with E-state index in [1.807, 2.05) is 104 Å². The number of hydrogen-bond acceptors (Lipinski definition) is 19. The SMILES string of the molecule is C=C(C)C(=O)OCC(C)OCC(C)OCC(C)OCC(C)OCC(C)OCC(C)OCC(C)OCC(C)OCC(C)OCC(C)OCC(C)OCC(C)OCC(C)OCC(C)OCC(C)OCC(C)OC(=O)C(=C)C. The van der Waals surface area contributed by atoms with Crippen LogP contribution in [0, 0.1) is 0 Å². The van der Waals surface area contributed by atoms with Crippen LogP contribution in [0.3, 0.4) is 0 Å². The normalized spacial score (nSPS) is 18.5. The molecule has 0 amide bonds. The minimum Gasteiger partial charge on any atom is -0.460 e. The summed E-state index contributed by atoms with van der Waals surface area (Å²) in [5.74, 6) is -0.854. The van der Waals surface area contributed by atoms with E-state index in [2.05, 4.69) is 13.2 Å². The van der Waals surface area contributed by atoms with E-state index in [0.717, 1.165) is 0 Å². The van der Waals surface area contributed by atoms with Gasteiger partial charge < -0.3 is 80.5 Å². The molecule has 0 aliphatic heterocycles. The van der Waals surface area contributed by atoms with Gasteiger partial charge in [-0.2, -0.15) is 0 Å². The fourth-order valence-corrected chi connectivity index (χ4v) is 5.85. The maximum atomic E-state index is 11.6. The van der Waals surface area contributed by atoms with Crippen molar-refractivity contribution in [1.82, 2.24) is 0 Å². The van der Waals surface area contributed by atoms with E-state index in [1.165, 1.54) is 0 Å². The summed E-state index contributed by atoms with van der Waals surface area (Å²) in [6.45, 7) is 47.7. The van der Waals surface area contributed by atoms with Crippen LogP contribution in [0.2, 0.25) is 0 Å². The molecule has 0 saturated heterocycles. The number of carbonyl (C=O) groups excluding carboxylic acids is 2. The zero-order chi connectivity index (χ0) is 56.9. The fraction of sp³-hybridized carbons (Fsp3) is 0.893. The lowest BCUT2D eigenvalue weighted by Crippen LogP contribution is -2.31. The van der Waals surface area contributed by atoms with Gasteiger partial charge in [0.15, 0.2) is 0 Å². The highest BCUT2D eigenvalue weighted by atomic mass is 16.6. The molecule has 0 aliphatic carbocycles. The average molecular weight is 1080 g/mol. The highest BCUT2D eigenvalue weighted by molar-refractivity contribution is 5.87. The molecule has 16 unspecified atom stereocenters. The molecule has 0 rings (SSSR count). The van der Waals surface area contributed by atoms with Gasteiger partial charge in [0.2, 0.25) is 0 Å². The van der Waals surface area contributed by atoms with E-state index in [9.17, 15) is 9.59 Å². The summed E-state index contributed by atoms with van der Waals surface area (Å²) in [4.78, 5) is 23.2. The van der Waals surface area contributed by atoms with Crippen LogP contribution in [0.25, 0.3) is 0 Å². The Labute approximate surface area is 453 Å². The Morgan fingerprint density at radius 2 is 0.373 bits per heavy atom. The van der Waals surface area contributed by atoms with Gasteiger partial charge in [0.25, 0.3) is 0 Å². The molecule has 0 saturated carbocycles. The third-order valence-electron chi connectivity index (χ3n) is 10.7. The Morgan fingerprint density at radius 1 is 0.240 bits per heavy atom. The van der Waals surface area contributed by atoms with Gasteiger partial charge in [0.05, 0.1) is 191 Å². The topological polar surface area (TPSA) is 191 Å². The van der Waals surface area contributed by atoms with Gasteiger partial charge in [-0.15, -0.1) is 0 Å². The van der Waals surface area contributed by atoms with E-state index >= 15 is 0 Å². The van der Waals surface area contributed by atoms with Crippen molar-refractivity contribution in [2.75, 3.05) is 106 Å². The number of carbonyl (C=O) groups is 2. The zero-order valence-electron chi connectivity index (χ0n) is 49.7. The van der Waals surface area contributed by atoms with Gasteiger partial charge in [-0.25, -0.2) is 9.59 Å². The van der Waals surface area contributed by atoms with Gasteiger partial charge in [0, 0.05) is 11.1 Å². The van der Waals surface area contributed by atoms with Crippen molar-refractivity contribution in [1.29, 1.82) is 0 Å². The highest BCUT2D eigenvalue weighted by Crippen LogP contribution is 2.10. The first kappa shape index (κ1) is 72.8. The Kier molecular flexibility index (Phi) is 42.4. The van der Waals surface area contributed by atoms with Crippen LogP contribution in [0.1, 0.15) is 125 Å². The summed E-state index contributed by atoms with van der Waals surface area (Å²) in [6, 6.07) is 0. The summed E-state index contributed by atoms with van der Waals surface area (Å²) in [7, 11) is 0. The summed E-state index contributed by atoms with van der Waals surface area (Å²) >= 11 is 0. The number of esters is 2. The molecule has 19 nitrogen and oxygen atoms in total. The maximum Gasteiger partial charge on any atom is 0.333 e. The van der Waals surface area contributed by atoms with Crippen molar-refractivity contribution >= 4 is 11.9 Å². The van der Waals surface area contributed by atoms with E-state index < -0.39 is 11.9 Å². The molecule has 0 aromatic rings. The number of ether oxygens (including phenoxy) is 17. The standard InChI is InChI=1S/C56H106O19/c1-37(2)55(57)74-35-53(19)72-33-51(17)70-31-49(15)68-29-47(13)66-27-45(11)64-25-43(9)62-23-41(7)60-21-39(5)59-22-40(6)61-24-42(8)63-26-44(10)65-28-46(12)67-30-48(14)69-32-50(16)71-34-52(18)73-36-54(20)75-56(58)38(3)4/h39-54H,1,3,21-36H2,2,4-20H3. The zero-order valence-corrected chi connectivity index (χ0v) is 49.7. The summed E-state index contributed by atoms with van der Waals surface area (Å²) in [6.07, 6.45) is -2.43. The third kappa shape index (κ3) is 43.4. The van der Waals surface area contributed by atoms with Gasteiger partial charge in [0.1, 0.15) is 12.7 Å². The molecule has 0 heterocycles.